The van der Waals surface area contributed by atoms with Gasteiger partial charge in [0.25, 0.3) is 0 Å². The highest BCUT2D eigenvalue weighted by Gasteiger charge is 2.39. The van der Waals surface area contributed by atoms with Crippen LogP contribution in [0, 0.1) is 10.8 Å². The molecule has 3 rings (SSSR count). The van der Waals surface area contributed by atoms with Crippen LogP contribution < -0.4 is 10.1 Å². The van der Waals surface area contributed by atoms with E-state index in [-0.39, 0.29) is 28.6 Å². The predicted octanol–water partition coefficient (Wildman–Crippen LogP) is 4.61. The number of hydrogen-bond acceptors (Lipinski definition) is 6. The number of nitrogens with one attached hydrogen (secondary N) is 3. The van der Waals surface area contributed by atoms with Gasteiger partial charge in [0.1, 0.15) is 11.6 Å². The van der Waals surface area contributed by atoms with Crippen molar-refractivity contribution in [2.75, 3.05) is 14.2 Å². The molecule has 1 fully saturated rings. The van der Waals surface area contributed by atoms with E-state index in [9.17, 15) is 5.11 Å². The molecule has 1 aromatic carbocycles. The third kappa shape index (κ3) is 5.99. The van der Waals surface area contributed by atoms with Crippen LogP contribution in [0.15, 0.2) is 48.7 Å². The van der Waals surface area contributed by atoms with E-state index in [2.05, 4.69) is 38.0 Å². The summed E-state index contributed by atoms with van der Waals surface area (Å²) in [5.41, 5.74) is 2.18. The highest BCUT2D eigenvalue weighted by atomic mass is 16.5. The van der Waals surface area contributed by atoms with Crippen LogP contribution in [0.4, 0.5) is 0 Å². The second-order valence-corrected chi connectivity index (χ2v) is 10.0. The molecule has 0 saturated carbocycles. The molecule has 176 valence electrons. The number of likely N-dealkylation sites (N-methyl/N-ethyl adjacent to an activating group) is 1. The van der Waals surface area contributed by atoms with Crippen LogP contribution >= 0.6 is 0 Å². The van der Waals surface area contributed by atoms with Crippen LogP contribution in [0.5, 0.6) is 11.6 Å². The lowest BCUT2D eigenvalue weighted by Crippen LogP contribution is -2.62. The number of nitrogens with zero attached hydrogens (tertiary/aromatic N) is 2. The first-order valence-corrected chi connectivity index (χ1v) is 11.1. The van der Waals surface area contributed by atoms with E-state index in [4.69, 9.17) is 15.6 Å². The minimum absolute atomic E-state index is 0.00960. The van der Waals surface area contributed by atoms with Crippen LogP contribution in [0.25, 0.3) is 11.1 Å². The summed E-state index contributed by atoms with van der Waals surface area (Å²) in [6.07, 6.45) is 6.75. The molecular formula is C26H35N5O2. The van der Waals surface area contributed by atoms with E-state index in [1.807, 2.05) is 24.1 Å². The molecule has 0 spiro atoms. The maximum Gasteiger partial charge on any atom is 0.212 e. The fraction of sp³-hybridized carbons (Fsp3) is 0.423. The summed E-state index contributed by atoms with van der Waals surface area (Å²) < 4.78 is 5.08. The smallest absolute Gasteiger partial charge is 0.212 e. The van der Waals surface area contributed by atoms with Crippen molar-refractivity contribution in [2.24, 2.45) is 0 Å². The zero-order valence-corrected chi connectivity index (χ0v) is 20.4. The molecule has 0 radical (unpaired) electrons. The van der Waals surface area contributed by atoms with E-state index in [1.54, 1.807) is 43.7 Å². The lowest BCUT2D eigenvalue weighted by molar-refractivity contribution is 0.114. The normalized spacial score (nSPS) is 17.6. The van der Waals surface area contributed by atoms with Gasteiger partial charge in [0.05, 0.1) is 12.8 Å². The van der Waals surface area contributed by atoms with Crippen LogP contribution in [0.1, 0.15) is 46.1 Å². The molecule has 4 N–H and O–H groups in total. The first kappa shape index (κ1) is 24.5. The number of allylic oxidation sites excluding steroid dienone is 1. The van der Waals surface area contributed by atoms with Gasteiger partial charge in [-0.2, -0.15) is 0 Å². The molecule has 2 heterocycles. The number of pyridine rings is 1. The highest BCUT2D eigenvalue weighted by Crippen LogP contribution is 2.31. The van der Waals surface area contributed by atoms with Gasteiger partial charge in [-0.1, -0.05) is 6.07 Å². The Balaban J connectivity index is 1.69. The van der Waals surface area contributed by atoms with Gasteiger partial charge in [0.2, 0.25) is 5.88 Å². The molecule has 2 aromatic rings. The van der Waals surface area contributed by atoms with Crippen molar-refractivity contribution in [2.45, 2.75) is 57.7 Å². The maximum atomic E-state index is 10.5. The summed E-state index contributed by atoms with van der Waals surface area (Å²) in [6.45, 7) is 8.77. The predicted molar refractivity (Wildman–Crippen MR) is 134 cm³/mol. The monoisotopic (exact) mass is 449 g/mol. The van der Waals surface area contributed by atoms with E-state index >= 15 is 0 Å². The fourth-order valence-corrected chi connectivity index (χ4v) is 4.72. The van der Waals surface area contributed by atoms with Crippen molar-refractivity contribution in [1.29, 1.82) is 10.8 Å². The minimum atomic E-state index is -0.00960. The van der Waals surface area contributed by atoms with Crippen molar-refractivity contribution >= 4 is 11.5 Å². The van der Waals surface area contributed by atoms with Crippen LogP contribution in [0.2, 0.25) is 0 Å². The molecule has 0 atom stereocenters. The van der Waals surface area contributed by atoms with Gasteiger partial charge < -0.3 is 25.5 Å². The number of aromatic nitrogens is 1. The number of amidine groups is 1. The molecule has 1 aliphatic heterocycles. The third-order valence-corrected chi connectivity index (χ3v) is 6.07. The summed E-state index contributed by atoms with van der Waals surface area (Å²) in [7, 11) is 3.50. The van der Waals surface area contributed by atoms with Crippen LogP contribution in [0.3, 0.4) is 0 Å². The molecule has 0 unspecified atom stereocenters. The minimum Gasteiger partial charge on any atom is -0.507 e. The summed E-state index contributed by atoms with van der Waals surface area (Å²) in [5.74, 6) is 0.883. The molecular weight excluding hydrogens is 414 g/mol. The maximum absolute atomic E-state index is 10.5. The third-order valence-electron chi connectivity index (χ3n) is 6.07. The number of phenols is 1. The van der Waals surface area contributed by atoms with Crippen LogP contribution in [-0.4, -0.2) is 57.8 Å². The zero-order valence-electron chi connectivity index (χ0n) is 20.4. The molecule has 0 amide bonds. The van der Waals surface area contributed by atoms with Gasteiger partial charge in [-0.25, -0.2) is 4.98 Å². The number of rotatable bonds is 6. The van der Waals surface area contributed by atoms with Crippen molar-refractivity contribution in [3.05, 3.63) is 54.2 Å². The molecule has 1 aliphatic rings. The second-order valence-electron chi connectivity index (χ2n) is 10.0. The number of piperidine rings is 1. The summed E-state index contributed by atoms with van der Waals surface area (Å²) in [6, 6.07) is 9.04. The zero-order chi connectivity index (χ0) is 24.4. The Hall–Kier alpha value is -3.19. The Kier molecular flexibility index (Phi) is 6.93. The van der Waals surface area contributed by atoms with E-state index in [1.165, 1.54) is 0 Å². The van der Waals surface area contributed by atoms with Gasteiger partial charge in [-0.05, 0) is 76.5 Å². The quantitative estimate of drug-likeness (QED) is 0.381. The molecule has 0 bridgehead atoms. The van der Waals surface area contributed by atoms with Crippen molar-refractivity contribution in [3.8, 4) is 22.8 Å². The van der Waals surface area contributed by atoms with Gasteiger partial charge in [0.15, 0.2) is 0 Å². The van der Waals surface area contributed by atoms with Crippen LogP contribution in [-0.2, 0) is 0 Å². The van der Waals surface area contributed by atoms with E-state index in [0.29, 0.717) is 17.3 Å². The number of methoxy groups -OCH3 is 1. The molecule has 7 heteroatoms. The van der Waals surface area contributed by atoms with Crippen molar-refractivity contribution < 1.29 is 9.84 Å². The molecule has 7 nitrogen and oxygen atoms in total. The Morgan fingerprint density at radius 1 is 1.09 bits per heavy atom. The Morgan fingerprint density at radius 3 is 2.27 bits per heavy atom. The first-order chi connectivity index (χ1) is 15.4. The number of phenolic OH excluding ortho intramolecular Hbond substituents is 1. The summed E-state index contributed by atoms with van der Waals surface area (Å²) >= 11 is 0. The van der Waals surface area contributed by atoms with E-state index < -0.39 is 0 Å². The Bertz CT molecular complexity index is 1040. The topological polar surface area (TPSA) is 105 Å². The molecule has 0 aliphatic carbocycles. The molecule has 1 saturated heterocycles. The second kappa shape index (κ2) is 9.35. The average Bonchev–Trinajstić information content (AvgIpc) is 2.74. The SMILES string of the molecule is COc1ccc(-c2ccc(C(=N)/C=C\C(=N)N(C)C3CC(C)(C)NC(C)(C)C3)c(O)c2)cn1. The molecule has 1 aromatic heterocycles. The number of aromatic hydroxyl groups is 1. The number of benzene rings is 1. The van der Waals surface area contributed by atoms with Gasteiger partial charge in [0, 0.05) is 47.6 Å². The van der Waals surface area contributed by atoms with Gasteiger partial charge >= 0.3 is 0 Å². The number of hydrogen-bond donors (Lipinski definition) is 4. The largest absolute Gasteiger partial charge is 0.507 e. The lowest BCUT2D eigenvalue weighted by Gasteiger charge is -2.49. The van der Waals surface area contributed by atoms with Crippen molar-refractivity contribution in [1.82, 2.24) is 15.2 Å². The Labute approximate surface area is 196 Å². The van der Waals surface area contributed by atoms with Gasteiger partial charge in [-0.15, -0.1) is 0 Å². The summed E-state index contributed by atoms with van der Waals surface area (Å²) in [4.78, 5) is 6.17. The summed E-state index contributed by atoms with van der Waals surface area (Å²) in [5, 5.41) is 31.1. The van der Waals surface area contributed by atoms with Gasteiger partial charge in [-0.3, -0.25) is 5.41 Å². The van der Waals surface area contributed by atoms with E-state index in [0.717, 1.165) is 24.0 Å². The number of ether oxygens (including phenoxy) is 1. The molecule has 33 heavy (non-hydrogen) atoms. The first-order valence-electron chi connectivity index (χ1n) is 11.1. The fourth-order valence-electron chi connectivity index (χ4n) is 4.72. The van der Waals surface area contributed by atoms with Crippen molar-refractivity contribution in [3.63, 3.8) is 0 Å². The Morgan fingerprint density at radius 2 is 1.73 bits per heavy atom. The highest BCUT2D eigenvalue weighted by molar-refractivity contribution is 6.11. The standard InChI is InChI=1S/C26H35N5O2/c1-25(2)14-19(15-26(3,4)30-25)31(5)23(28)11-10-21(27)20-9-7-17(13-22(20)32)18-8-12-24(33-6)29-16-18/h7-13,16,19,27-28,30,32H,14-15H2,1-6H3/b11-10-,27-21?,28-23?. The average molecular weight is 450 g/mol. The lowest BCUT2D eigenvalue weighted by atomic mass is 9.79.